The summed E-state index contributed by atoms with van der Waals surface area (Å²) >= 11 is 0. The number of ether oxygens (including phenoxy) is 2. The van der Waals surface area contributed by atoms with Gasteiger partial charge in [-0.3, -0.25) is 4.90 Å². The van der Waals surface area contributed by atoms with Crippen molar-refractivity contribution in [1.29, 1.82) is 0 Å². The Morgan fingerprint density at radius 2 is 1.93 bits per heavy atom. The Labute approximate surface area is 87.4 Å². The third-order valence-corrected chi connectivity index (χ3v) is 2.67. The summed E-state index contributed by atoms with van der Waals surface area (Å²) in [4.78, 5) is 2.45. The lowest BCUT2D eigenvalue weighted by Crippen LogP contribution is -2.39. The summed E-state index contributed by atoms with van der Waals surface area (Å²) in [5.41, 5.74) is 0.0209. The normalized spacial score (nSPS) is 19.9. The zero-order valence-corrected chi connectivity index (χ0v) is 9.71. The van der Waals surface area contributed by atoms with Crippen molar-refractivity contribution in [1.82, 2.24) is 4.90 Å². The summed E-state index contributed by atoms with van der Waals surface area (Å²) < 4.78 is 11.0. The summed E-state index contributed by atoms with van der Waals surface area (Å²) in [6, 6.07) is 0. The fourth-order valence-electron chi connectivity index (χ4n) is 1.72. The Hall–Kier alpha value is -0.120. The van der Waals surface area contributed by atoms with Crippen molar-refractivity contribution < 1.29 is 9.47 Å². The van der Waals surface area contributed by atoms with Gasteiger partial charge in [0.05, 0.1) is 18.8 Å². The average Bonchev–Trinajstić information content (AvgIpc) is 2.17. The van der Waals surface area contributed by atoms with Crippen LogP contribution in [0.4, 0.5) is 0 Å². The smallest absolute Gasteiger partial charge is 0.0638 e. The molecule has 0 bridgehead atoms. The van der Waals surface area contributed by atoms with E-state index in [4.69, 9.17) is 9.47 Å². The minimum atomic E-state index is 0.0209. The summed E-state index contributed by atoms with van der Waals surface area (Å²) in [6.07, 6.45) is 1.10. The summed E-state index contributed by atoms with van der Waals surface area (Å²) in [5.74, 6) is 0. The third kappa shape index (κ3) is 4.40. The van der Waals surface area contributed by atoms with Gasteiger partial charge in [0.1, 0.15) is 0 Å². The molecule has 1 fully saturated rings. The molecule has 0 radical (unpaired) electrons. The first-order chi connectivity index (χ1) is 6.64. The van der Waals surface area contributed by atoms with Gasteiger partial charge in [-0.15, -0.1) is 0 Å². The van der Waals surface area contributed by atoms with Gasteiger partial charge in [0.25, 0.3) is 0 Å². The van der Waals surface area contributed by atoms with Crippen molar-refractivity contribution >= 4 is 0 Å². The van der Waals surface area contributed by atoms with Crippen molar-refractivity contribution in [3.8, 4) is 0 Å². The van der Waals surface area contributed by atoms with Crippen LogP contribution in [-0.2, 0) is 9.47 Å². The molecule has 1 aliphatic heterocycles. The van der Waals surface area contributed by atoms with Gasteiger partial charge in [-0.05, 0) is 27.2 Å². The lowest BCUT2D eigenvalue weighted by Gasteiger charge is -2.31. The Morgan fingerprint density at radius 1 is 1.29 bits per heavy atom. The molecule has 0 amide bonds. The Morgan fingerprint density at radius 3 is 2.50 bits per heavy atom. The first-order valence-electron chi connectivity index (χ1n) is 5.58. The second-order valence-corrected chi connectivity index (χ2v) is 4.40. The van der Waals surface area contributed by atoms with Crippen LogP contribution >= 0.6 is 0 Å². The molecule has 0 atom stereocenters. The van der Waals surface area contributed by atoms with Crippen LogP contribution in [0.1, 0.15) is 27.2 Å². The molecule has 1 rings (SSSR count). The molecule has 3 nitrogen and oxygen atoms in total. The molecule has 3 heteroatoms. The molecule has 1 aliphatic rings. The van der Waals surface area contributed by atoms with Crippen LogP contribution in [0.5, 0.6) is 0 Å². The van der Waals surface area contributed by atoms with Crippen LogP contribution in [0.25, 0.3) is 0 Å². The van der Waals surface area contributed by atoms with E-state index in [1.807, 2.05) is 0 Å². The van der Waals surface area contributed by atoms with Crippen molar-refractivity contribution in [2.45, 2.75) is 32.8 Å². The van der Waals surface area contributed by atoms with Gasteiger partial charge in [-0.2, -0.15) is 0 Å². The van der Waals surface area contributed by atoms with Gasteiger partial charge in [0, 0.05) is 26.2 Å². The number of hydrogen-bond donors (Lipinski definition) is 0. The number of rotatable bonds is 5. The zero-order chi connectivity index (χ0) is 10.4. The number of morpholine rings is 1. The molecule has 0 aromatic rings. The van der Waals surface area contributed by atoms with Crippen LogP contribution in [0.3, 0.4) is 0 Å². The van der Waals surface area contributed by atoms with Gasteiger partial charge in [-0.1, -0.05) is 0 Å². The van der Waals surface area contributed by atoms with Crippen LogP contribution in [0.15, 0.2) is 0 Å². The Balaban J connectivity index is 2.17. The SMILES string of the molecule is CCOC(C)(C)CCN1CCOCC1. The first kappa shape index (κ1) is 12.0. The highest BCUT2D eigenvalue weighted by Gasteiger charge is 2.19. The molecular formula is C11H23NO2. The monoisotopic (exact) mass is 201 g/mol. The lowest BCUT2D eigenvalue weighted by atomic mass is 10.0. The second kappa shape index (κ2) is 5.69. The van der Waals surface area contributed by atoms with E-state index in [9.17, 15) is 0 Å². The van der Waals surface area contributed by atoms with Gasteiger partial charge in [-0.25, -0.2) is 0 Å². The zero-order valence-electron chi connectivity index (χ0n) is 9.71. The quantitative estimate of drug-likeness (QED) is 0.673. The molecule has 1 saturated heterocycles. The first-order valence-corrected chi connectivity index (χ1v) is 5.58. The molecule has 84 valence electrons. The molecule has 1 heterocycles. The number of hydrogen-bond acceptors (Lipinski definition) is 3. The van der Waals surface area contributed by atoms with E-state index < -0.39 is 0 Å². The van der Waals surface area contributed by atoms with Gasteiger partial charge in [0.15, 0.2) is 0 Å². The van der Waals surface area contributed by atoms with Crippen LogP contribution in [0, 0.1) is 0 Å². The minimum Gasteiger partial charge on any atom is -0.379 e. The van der Waals surface area contributed by atoms with Gasteiger partial charge >= 0.3 is 0 Å². The highest BCUT2D eigenvalue weighted by atomic mass is 16.5. The van der Waals surface area contributed by atoms with Gasteiger partial charge in [0.2, 0.25) is 0 Å². The fourth-order valence-corrected chi connectivity index (χ4v) is 1.72. The van der Waals surface area contributed by atoms with Crippen LogP contribution in [0.2, 0.25) is 0 Å². The molecule has 0 aromatic heterocycles. The third-order valence-electron chi connectivity index (χ3n) is 2.67. The van der Waals surface area contributed by atoms with E-state index in [0.29, 0.717) is 0 Å². The molecule has 0 N–H and O–H groups in total. The van der Waals surface area contributed by atoms with Crippen molar-refractivity contribution in [2.75, 3.05) is 39.5 Å². The van der Waals surface area contributed by atoms with E-state index >= 15 is 0 Å². The molecule has 14 heavy (non-hydrogen) atoms. The minimum absolute atomic E-state index is 0.0209. The van der Waals surface area contributed by atoms with Crippen LogP contribution < -0.4 is 0 Å². The maximum atomic E-state index is 5.66. The van der Waals surface area contributed by atoms with Crippen molar-refractivity contribution in [3.63, 3.8) is 0 Å². The molecule has 0 spiro atoms. The molecule has 0 aliphatic carbocycles. The van der Waals surface area contributed by atoms with E-state index in [-0.39, 0.29) is 5.60 Å². The van der Waals surface area contributed by atoms with E-state index in [0.717, 1.165) is 45.9 Å². The molecule has 0 saturated carbocycles. The molecular weight excluding hydrogens is 178 g/mol. The lowest BCUT2D eigenvalue weighted by molar-refractivity contribution is -0.0308. The number of nitrogens with zero attached hydrogens (tertiary/aromatic N) is 1. The predicted molar refractivity (Wildman–Crippen MR) is 57.6 cm³/mol. The summed E-state index contributed by atoms with van der Waals surface area (Å²) in [5, 5.41) is 0. The van der Waals surface area contributed by atoms with Gasteiger partial charge < -0.3 is 9.47 Å². The summed E-state index contributed by atoms with van der Waals surface area (Å²) in [7, 11) is 0. The highest BCUT2D eigenvalue weighted by Crippen LogP contribution is 2.15. The van der Waals surface area contributed by atoms with Crippen molar-refractivity contribution in [2.24, 2.45) is 0 Å². The topological polar surface area (TPSA) is 21.7 Å². The van der Waals surface area contributed by atoms with Crippen molar-refractivity contribution in [3.05, 3.63) is 0 Å². The molecule has 0 aromatic carbocycles. The molecule has 0 unspecified atom stereocenters. The largest absolute Gasteiger partial charge is 0.379 e. The van der Waals surface area contributed by atoms with E-state index in [1.54, 1.807) is 0 Å². The standard InChI is InChI=1S/C11H23NO2/c1-4-14-11(2,3)5-6-12-7-9-13-10-8-12/h4-10H2,1-3H3. The maximum absolute atomic E-state index is 5.66. The Bertz CT molecular complexity index is 153. The average molecular weight is 201 g/mol. The summed E-state index contributed by atoms with van der Waals surface area (Å²) in [6.45, 7) is 12.2. The maximum Gasteiger partial charge on any atom is 0.0638 e. The fraction of sp³-hybridized carbons (Fsp3) is 1.00. The van der Waals surface area contributed by atoms with E-state index in [1.165, 1.54) is 0 Å². The Kier molecular flexibility index (Phi) is 4.85. The predicted octanol–water partition coefficient (Wildman–Crippen LogP) is 1.52. The highest BCUT2D eigenvalue weighted by molar-refractivity contribution is 4.72. The second-order valence-electron chi connectivity index (χ2n) is 4.40. The van der Waals surface area contributed by atoms with E-state index in [2.05, 4.69) is 25.7 Å². The van der Waals surface area contributed by atoms with Crippen LogP contribution in [-0.4, -0.2) is 50.0 Å².